The van der Waals surface area contributed by atoms with E-state index in [2.05, 4.69) is 83.1 Å². The third-order valence-corrected chi connectivity index (χ3v) is 10.6. The minimum Gasteiger partial charge on any atom is -0.404 e. The lowest BCUT2D eigenvalue weighted by atomic mass is 9.99. The third kappa shape index (κ3) is 5.65. The van der Waals surface area contributed by atoms with Crippen LogP contribution in [0, 0.1) is 5.92 Å². The Labute approximate surface area is 177 Å². The third-order valence-electron chi connectivity index (χ3n) is 5.52. The van der Waals surface area contributed by atoms with Crippen LogP contribution in [0.3, 0.4) is 0 Å². The summed E-state index contributed by atoms with van der Waals surface area (Å²) in [6.07, 6.45) is -0.191. The van der Waals surface area contributed by atoms with Crippen molar-refractivity contribution in [3.05, 3.63) is 60.7 Å². The van der Waals surface area contributed by atoms with Crippen LogP contribution in [0.1, 0.15) is 54.4 Å². The van der Waals surface area contributed by atoms with E-state index in [0.717, 1.165) is 0 Å². The van der Waals surface area contributed by atoms with E-state index < -0.39 is 14.4 Å². The molecule has 4 heteroatoms. The molecule has 0 spiro atoms. The van der Waals surface area contributed by atoms with E-state index in [9.17, 15) is 9.90 Å². The van der Waals surface area contributed by atoms with Crippen LogP contribution in [-0.4, -0.2) is 31.4 Å². The molecule has 0 bridgehead atoms. The Morgan fingerprint density at radius 1 is 0.966 bits per heavy atom. The molecular formula is C25H36O3Si. The fraction of sp³-hybridized carbons (Fsp3) is 0.480. The van der Waals surface area contributed by atoms with Crippen molar-refractivity contribution in [2.45, 2.75) is 71.6 Å². The van der Waals surface area contributed by atoms with E-state index in [1.807, 2.05) is 12.1 Å². The summed E-state index contributed by atoms with van der Waals surface area (Å²) < 4.78 is 7.16. The van der Waals surface area contributed by atoms with E-state index >= 15 is 0 Å². The van der Waals surface area contributed by atoms with Crippen molar-refractivity contribution in [3.63, 3.8) is 0 Å². The molecule has 0 aliphatic heterocycles. The zero-order chi connectivity index (χ0) is 21.7. The molecule has 0 amide bonds. The number of benzene rings is 2. The predicted octanol–water partition coefficient (Wildman–Crippen LogP) is 4.32. The first kappa shape index (κ1) is 23.5. The molecular weight excluding hydrogens is 376 g/mol. The SMILES string of the molecule is CC(=O)C[C@@H](O)C[C@H](O[Si](c1ccccc1)(c1ccccc1)C(C)(C)C)C(C)C. The minimum atomic E-state index is -2.68. The number of Topliss-reactive ketones (excluding diaryl/α,β-unsaturated/α-hetero) is 1. The number of hydrogen-bond donors (Lipinski definition) is 1. The zero-order valence-corrected chi connectivity index (χ0v) is 19.7. The monoisotopic (exact) mass is 412 g/mol. The molecule has 0 saturated carbocycles. The summed E-state index contributed by atoms with van der Waals surface area (Å²) in [5, 5.41) is 12.8. The first-order chi connectivity index (χ1) is 13.6. The summed E-state index contributed by atoms with van der Waals surface area (Å²) in [5.74, 6) is 0.226. The molecule has 0 heterocycles. The second-order valence-electron chi connectivity index (χ2n) is 9.36. The highest BCUT2D eigenvalue weighted by Gasteiger charge is 2.51. The number of rotatable bonds is 9. The summed E-state index contributed by atoms with van der Waals surface area (Å²) in [4.78, 5) is 11.5. The Hall–Kier alpha value is -1.75. The molecule has 0 saturated heterocycles. The molecule has 0 unspecified atom stereocenters. The van der Waals surface area contributed by atoms with Crippen molar-refractivity contribution in [3.8, 4) is 0 Å². The maximum atomic E-state index is 11.5. The Morgan fingerprint density at radius 3 is 1.76 bits per heavy atom. The molecule has 0 fully saturated rings. The van der Waals surface area contributed by atoms with E-state index in [-0.39, 0.29) is 29.3 Å². The number of aliphatic hydroxyl groups excluding tert-OH is 1. The predicted molar refractivity (Wildman–Crippen MR) is 123 cm³/mol. The number of aliphatic hydroxyl groups is 1. The Bertz CT molecular complexity index is 726. The summed E-state index contributed by atoms with van der Waals surface area (Å²) in [6.45, 7) is 12.5. The highest BCUT2D eigenvalue weighted by atomic mass is 28.4. The molecule has 1 N–H and O–H groups in total. The van der Waals surface area contributed by atoms with Crippen LogP contribution >= 0.6 is 0 Å². The molecule has 2 aromatic carbocycles. The van der Waals surface area contributed by atoms with Gasteiger partial charge in [-0.2, -0.15) is 0 Å². The van der Waals surface area contributed by atoms with Gasteiger partial charge in [-0.05, 0) is 34.7 Å². The molecule has 29 heavy (non-hydrogen) atoms. The summed E-state index contributed by atoms with van der Waals surface area (Å²) in [5.41, 5.74) is 0. The molecule has 2 atom stereocenters. The molecule has 0 radical (unpaired) electrons. The molecule has 0 aromatic heterocycles. The van der Waals surface area contributed by atoms with Crippen LogP contribution in [0.15, 0.2) is 60.7 Å². The fourth-order valence-electron chi connectivity index (χ4n) is 4.06. The van der Waals surface area contributed by atoms with E-state index in [4.69, 9.17) is 4.43 Å². The van der Waals surface area contributed by atoms with E-state index in [1.54, 1.807) is 0 Å². The average Bonchev–Trinajstić information content (AvgIpc) is 2.64. The normalized spacial score (nSPS) is 14.6. The quantitative estimate of drug-likeness (QED) is 0.624. The number of carbonyl (C=O) groups excluding carboxylic acids is 1. The number of ketones is 1. The topological polar surface area (TPSA) is 46.5 Å². The number of carbonyl (C=O) groups is 1. The summed E-state index contributed by atoms with van der Waals surface area (Å²) in [6, 6.07) is 21.1. The molecule has 2 aromatic rings. The zero-order valence-electron chi connectivity index (χ0n) is 18.7. The van der Waals surface area contributed by atoms with Gasteiger partial charge in [-0.1, -0.05) is 95.3 Å². The average molecular weight is 413 g/mol. The summed E-state index contributed by atoms with van der Waals surface area (Å²) in [7, 11) is -2.68. The van der Waals surface area contributed by atoms with E-state index in [1.165, 1.54) is 17.3 Å². The Kier molecular flexibility index (Phi) is 7.98. The summed E-state index contributed by atoms with van der Waals surface area (Å²) >= 11 is 0. The van der Waals surface area contributed by atoms with Gasteiger partial charge in [0, 0.05) is 6.42 Å². The van der Waals surface area contributed by atoms with Crippen molar-refractivity contribution in [1.82, 2.24) is 0 Å². The van der Waals surface area contributed by atoms with Crippen molar-refractivity contribution in [1.29, 1.82) is 0 Å². The molecule has 3 nitrogen and oxygen atoms in total. The Morgan fingerprint density at radius 2 is 1.41 bits per heavy atom. The fourth-order valence-corrected chi connectivity index (χ4v) is 8.90. The lowest BCUT2D eigenvalue weighted by Crippen LogP contribution is -2.68. The van der Waals surface area contributed by atoms with Gasteiger partial charge in [0.1, 0.15) is 5.78 Å². The Balaban J connectivity index is 2.58. The van der Waals surface area contributed by atoms with Gasteiger partial charge in [0.15, 0.2) is 0 Å². The van der Waals surface area contributed by atoms with Crippen LogP contribution in [0.5, 0.6) is 0 Å². The van der Waals surface area contributed by atoms with Crippen LogP contribution < -0.4 is 10.4 Å². The molecule has 158 valence electrons. The second-order valence-corrected chi connectivity index (χ2v) is 13.6. The van der Waals surface area contributed by atoms with Crippen molar-refractivity contribution >= 4 is 24.5 Å². The van der Waals surface area contributed by atoms with Crippen LogP contribution in [-0.2, 0) is 9.22 Å². The van der Waals surface area contributed by atoms with Crippen LogP contribution in [0.4, 0.5) is 0 Å². The lowest BCUT2D eigenvalue weighted by molar-refractivity contribution is -0.119. The smallest absolute Gasteiger partial charge is 0.261 e. The van der Waals surface area contributed by atoms with Crippen molar-refractivity contribution in [2.75, 3.05) is 0 Å². The highest BCUT2D eigenvalue weighted by Crippen LogP contribution is 2.38. The van der Waals surface area contributed by atoms with Gasteiger partial charge < -0.3 is 9.53 Å². The van der Waals surface area contributed by atoms with Gasteiger partial charge in [-0.25, -0.2) is 0 Å². The highest BCUT2D eigenvalue weighted by molar-refractivity contribution is 6.99. The van der Waals surface area contributed by atoms with Crippen LogP contribution in [0.25, 0.3) is 0 Å². The van der Waals surface area contributed by atoms with Crippen LogP contribution in [0.2, 0.25) is 5.04 Å². The van der Waals surface area contributed by atoms with Crippen molar-refractivity contribution in [2.24, 2.45) is 5.92 Å². The van der Waals surface area contributed by atoms with Gasteiger partial charge in [-0.15, -0.1) is 0 Å². The molecule has 0 aliphatic rings. The van der Waals surface area contributed by atoms with Gasteiger partial charge >= 0.3 is 0 Å². The maximum Gasteiger partial charge on any atom is 0.261 e. The van der Waals surface area contributed by atoms with E-state index in [0.29, 0.717) is 6.42 Å². The standard InChI is InChI=1S/C25H36O3Si/c1-19(2)24(18-21(27)17-20(3)26)28-29(25(4,5)6,22-13-9-7-10-14-22)23-15-11-8-12-16-23/h7-16,19,21,24,27H,17-18H2,1-6H3/t21-,24+/m1/s1. The van der Waals surface area contributed by atoms with Gasteiger partial charge in [0.2, 0.25) is 0 Å². The molecule has 2 rings (SSSR count). The van der Waals surface area contributed by atoms with Gasteiger partial charge in [0.05, 0.1) is 12.2 Å². The first-order valence-electron chi connectivity index (χ1n) is 10.5. The van der Waals surface area contributed by atoms with Gasteiger partial charge in [0.25, 0.3) is 8.32 Å². The minimum absolute atomic E-state index is 0.00505. The second kappa shape index (κ2) is 9.83. The van der Waals surface area contributed by atoms with Crippen molar-refractivity contribution < 1.29 is 14.3 Å². The maximum absolute atomic E-state index is 11.5. The largest absolute Gasteiger partial charge is 0.404 e. The molecule has 0 aliphatic carbocycles. The number of hydrogen-bond acceptors (Lipinski definition) is 3. The van der Waals surface area contributed by atoms with Gasteiger partial charge in [-0.3, -0.25) is 4.79 Å². The first-order valence-corrected chi connectivity index (χ1v) is 12.4. The lowest BCUT2D eigenvalue weighted by Gasteiger charge is -2.46.